The van der Waals surface area contributed by atoms with Gasteiger partial charge < -0.3 is 20.3 Å². The van der Waals surface area contributed by atoms with Gasteiger partial charge in [-0.15, -0.1) is 0 Å². The number of aliphatic hydroxyl groups excluding tert-OH is 2. The lowest BCUT2D eigenvalue weighted by Gasteiger charge is -2.18. The van der Waals surface area contributed by atoms with Crippen molar-refractivity contribution in [3.8, 4) is 0 Å². The summed E-state index contributed by atoms with van der Waals surface area (Å²) in [6, 6.07) is 15.7. The summed E-state index contributed by atoms with van der Waals surface area (Å²) < 4.78 is 5.06. The van der Waals surface area contributed by atoms with E-state index in [0.717, 1.165) is 5.56 Å². The predicted molar refractivity (Wildman–Crippen MR) is 96.7 cm³/mol. The first-order valence-corrected chi connectivity index (χ1v) is 8.39. The molecule has 6 heteroatoms. The Morgan fingerprint density at radius 3 is 2.31 bits per heavy atom. The number of Topliss-reactive ketones (excluding diaryl/α,β-unsaturated/α-hetero) is 1. The lowest BCUT2D eigenvalue weighted by molar-refractivity contribution is 0.0136. The van der Waals surface area contributed by atoms with Crippen LogP contribution < -0.4 is 5.32 Å². The number of nitrogens with one attached hydrogen (secondary N) is 1. The highest BCUT2D eigenvalue weighted by atomic mass is 16.5. The van der Waals surface area contributed by atoms with E-state index in [1.165, 1.54) is 6.92 Å². The van der Waals surface area contributed by atoms with Crippen molar-refractivity contribution in [2.24, 2.45) is 0 Å². The number of amides is 1. The summed E-state index contributed by atoms with van der Waals surface area (Å²) in [7, 11) is 0. The van der Waals surface area contributed by atoms with E-state index in [4.69, 9.17) is 4.74 Å². The van der Waals surface area contributed by atoms with Crippen LogP contribution >= 0.6 is 0 Å². The molecule has 0 aliphatic rings. The predicted octanol–water partition coefficient (Wildman–Crippen LogP) is 2.60. The van der Waals surface area contributed by atoms with Crippen molar-refractivity contribution < 1.29 is 24.5 Å². The molecule has 6 nitrogen and oxygen atoms in total. The van der Waals surface area contributed by atoms with Gasteiger partial charge in [0.05, 0.1) is 6.10 Å². The maximum absolute atomic E-state index is 11.6. The van der Waals surface area contributed by atoms with Gasteiger partial charge in [-0.05, 0) is 24.5 Å². The van der Waals surface area contributed by atoms with E-state index in [1.807, 2.05) is 30.3 Å². The van der Waals surface area contributed by atoms with Crippen molar-refractivity contribution in [1.82, 2.24) is 5.32 Å². The highest BCUT2D eigenvalue weighted by Gasteiger charge is 2.18. The third-order valence-corrected chi connectivity index (χ3v) is 3.95. The van der Waals surface area contributed by atoms with Crippen molar-refractivity contribution >= 4 is 11.9 Å². The van der Waals surface area contributed by atoms with Crippen molar-refractivity contribution in [1.29, 1.82) is 0 Å². The fraction of sp³-hybridized carbons (Fsp3) is 0.300. The normalized spacial score (nSPS) is 12.9. The van der Waals surface area contributed by atoms with Crippen LogP contribution in [-0.4, -0.2) is 34.7 Å². The van der Waals surface area contributed by atoms with Gasteiger partial charge in [-0.25, -0.2) is 4.79 Å². The Morgan fingerprint density at radius 1 is 1.04 bits per heavy atom. The molecule has 0 aromatic heterocycles. The molecule has 26 heavy (non-hydrogen) atoms. The van der Waals surface area contributed by atoms with E-state index in [-0.39, 0.29) is 25.4 Å². The van der Waals surface area contributed by atoms with Gasteiger partial charge >= 0.3 is 6.09 Å². The largest absolute Gasteiger partial charge is 0.445 e. The van der Waals surface area contributed by atoms with E-state index in [9.17, 15) is 19.8 Å². The van der Waals surface area contributed by atoms with Crippen LogP contribution in [0.1, 0.15) is 40.9 Å². The summed E-state index contributed by atoms with van der Waals surface area (Å²) in [6.45, 7) is 1.79. The zero-order valence-electron chi connectivity index (χ0n) is 14.6. The molecule has 3 N–H and O–H groups in total. The second kappa shape index (κ2) is 9.70. The highest BCUT2D eigenvalue weighted by molar-refractivity contribution is 5.94. The minimum Gasteiger partial charge on any atom is -0.445 e. The molecule has 0 radical (unpaired) electrons. The Morgan fingerprint density at radius 2 is 1.69 bits per heavy atom. The number of ketones is 1. The van der Waals surface area contributed by atoms with Crippen molar-refractivity contribution in [2.45, 2.75) is 32.2 Å². The Bertz CT molecular complexity index is 715. The molecule has 2 unspecified atom stereocenters. The van der Waals surface area contributed by atoms with Gasteiger partial charge in [0.2, 0.25) is 0 Å². The molecule has 2 rings (SSSR count). The number of ether oxygens (including phenoxy) is 1. The second-order valence-corrected chi connectivity index (χ2v) is 5.97. The molecular formula is C20H23NO5. The van der Waals surface area contributed by atoms with Crippen molar-refractivity contribution in [3.05, 3.63) is 71.3 Å². The maximum atomic E-state index is 11.6. The van der Waals surface area contributed by atoms with Crippen LogP contribution in [0.25, 0.3) is 0 Å². The molecule has 138 valence electrons. The Kier molecular flexibility index (Phi) is 7.32. The zero-order chi connectivity index (χ0) is 18.9. The third-order valence-electron chi connectivity index (χ3n) is 3.95. The number of carbonyl (C=O) groups is 2. The molecule has 2 atom stereocenters. The third kappa shape index (κ3) is 5.98. The van der Waals surface area contributed by atoms with Crippen LogP contribution in [0.3, 0.4) is 0 Å². The molecule has 0 spiro atoms. The molecule has 0 heterocycles. The molecule has 1 amide bonds. The number of carbonyl (C=O) groups excluding carboxylic acids is 2. The molecular weight excluding hydrogens is 334 g/mol. The van der Waals surface area contributed by atoms with Crippen LogP contribution in [0.4, 0.5) is 4.79 Å². The number of hydrogen-bond acceptors (Lipinski definition) is 5. The molecule has 0 aliphatic carbocycles. The van der Waals surface area contributed by atoms with Gasteiger partial charge in [-0.3, -0.25) is 4.79 Å². The van der Waals surface area contributed by atoms with Crippen LogP contribution in [0, 0.1) is 0 Å². The summed E-state index contributed by atoms with van der Waals surface area (Å²) in [5, 5.41) is 22.8. The lowest BCUT2D eigenvalue weighted by Crippen LogP contribution is -2.29. The molecule has 0 fully saturated rings. The monoisotopic (exact) mass is 357 g/mol. The van der Waals surface area contributed by atoms with Crippen molar-refractivity contribution in [2.75, 3.05) is 6.54 Å². The average molecular weight is 357 g/mol. The zero-order valence-corrected chi connectivity index (χ0v) is 14.6. The highest BCUT2D eigenvalue weighted by Crippen LogP contribution is 2.19. The topological polar surface area (TPSA) is 95.9 Å². The smallest absolute Gasteiger partial charge is 0.407 e. The fourth-order valence-electron chi connectivity index (χ4n) is 2.39. The van der Waals surface area contributed by atoms with E-state index < -0.39 is 18.3 Å². The van der Waals surface area contributed by atoms with Gasteiger partial charge in [0.25, 0.3) is 0 Å². The second-order valence-electron chi connectivity index (χ2n) is 5.97. The lowest BCUT2D eigenvalue weighted by atomic mass is 10.00. The molecule has 0 bridgehead atoms. The number of rotatable bonds is 8. The molecule has 2 aromatic carbocycles. The number of benzene rings is 2. The van der Waals surface area contributed by atoms with Gasteiger partial charge in [-0.2, -0.15) is 0 Å². The van der Waals surface area contributed by atoms with Crippen LogP contribution in [-0.2, 0) is 11.3 Å². The number of alkyl carbamates (subject to hydrolysis) is 1. The Hall–Kier alpha value is -2.70. The maximum Gasteiger partial charge on any atom is 0.407 e. The molecule has 2 aromatic rings. The standard InChI is InChI=1S/C20H23NO5/c1-14(22)16-7-9-17(10-8-16)19(24)18(23)11-12-21-20(25)26-13-15-5-3-2-4-6-15/h2-10,18-19,23-24H,11-13H2,1H3,(H,21,25). The number of aliphatic hydroxyl groups is 2. The molecule has 0 saturated carbocycles. The Labute approximate surface area is 152 Å². The molecule has 0 saturated heterocycles. The van der Waals surface area contributed by atoms with Gasteiger partial charge in [-0.1, -0.05) is 54.6 Å². The summed E-state index contributed by atoms with van der Waals surface area (Å²) >= 11 is 0. The van der Waals surface area contributed by atoms with E-state index >= 15 is 0 Å². The van der Waals surface area contributed by atoms with Crippen LogP contribution in [0.2, 0.25) is 0 Å². The fourth-order valence-corrected chi connectivity index (χ4v) is 2.39. The minimum absolute atomic E-state index is 0.0650. The quantitative estimate of drug-likeness (QED) is 0.631. The minimum atomic E-state index is -1.10. The first-order valence-electron chi connectivity index (χ1n) is 8.39. The molecule has 0 aliphatic heterocycles. The van der Waals surface area contributed by atoms with Gasteiger partial charge in [0.15, 0.2) is 5.78 Å². The van der Waals surface area contributed by atoms with Crippen LogP contribution in [0.15, 0.2) is 54.6 Å². The van der Waals surface area contributed by atoms with Crippen molar-refractivity contribution in [3.63, 3.8) is 0 Å². The first-order chi connectivity index (χ1) is 12.5. The summed E-state index contributed by atoms with van der Waals surface area (Å²) in [5.74, 6) is -0.0650. The van der Waals surface area contributed by atoms with E-state index in [0.29, 0.717) is 11.1 Å². The Balaban J connectivity index is 1.72. The van der Waals surface area contributed by atoms with Crippen LogP contribution in [0.5, 0.6) is 0 Å². The summed E-state index contributed by atoms with van der Waals surface area (Å²) in [5.41, 5.74) is 1.93. The van der Waals surface area contributed by atoms with Gasteiger partial charge in [0.1, 0.15) is 12.7 Å². The van der Waals surface area contributed by atoms with Gasteiger partial charge in [0, 0.05) is 12.1 Å². The first kappa shape index (κ1) is 19.6. The van der Waals surface area contributed by atoms with E-state index in [2.05, 4.69) is 5.32 Å². The average Bonchev–Trinajstić information content (AvgIpc) is 2.66. The number of hydrogen-bond donors (Lipinski definition) is 3. The SMILES string of the molecule is CC(=O)c1ccc(C(O)C(O)CCNC(=O)OCc2ccccc2)cc1. The summed E-state index contributed by atoms with van der Waals surface area (Å²) in [6.07, 6.45) is -2.57. The van der Waals surface area contributed by atoms with E-state index in [1.54, 1.807) is 24.3 Å². The summed E-state index contributed by atoms with van der Waals surface area (Å²) in [4.78, 5) is 22.9.